The number of unbranched alkanes of at least 4 members (excludes halogenated alkanes) is 1. The van der Waals surface area contributed by atoms with Gasteiger partial charge in [-0.25, -0.2) is 4.98 Å². The first-order valence-electron chi connectivity index (χ1n) is 9.49. The Labute approximate surface area is 164 Å². The molecule has 0 unspecified atom stereocenters. The van der Waals surface area contributed by atoms with Crippen LogP contribution in [0.5, 0.6) is 0 Å². The van der Waals surface area contributed by atoms with Crippen molar-refractivity contribution in [2.24, 2.45) is 12.2 Å². The summed E-state index contributed by atoms with van der Waals surface area (Å²) in [4.78, 5) is 14.7. The van der Waals surface area contributed by atoms with Crippen LogP contribution in [0.4, 0.5) is 0 Å². The van der Waals surface area contributed by atoms with E-state index < -0.39 is 0 Å². The summed E-state index contributed by atoms with van der Waals surface area (Å²) in [7, 11) is 3.50. The van der Waals surface area contributed by atoms with Crippen LogP contribution >= 0.6 is 0 Å². The molecule has 0 radical (unpaired) electrons. The highest BCUT2D eigenvalue weighted by atomic mass is 16.6. The van der Waals surface area contributed by atoms with E-state index in [9.17, 15) is 0 Å². The molecule has 8 heteroatoms. The van der Waals surface area contributed by atoms with Gasteiger partial charge in [-0.2, -0.15) is 5.10 Å². The fraction of sp³-hybridized carbons (Fsp3) is 0.450. The zero-order valence-electron chi connectivity index (χ0n) is 17.1. The second-order valence-electron chi connectivity index (χ2n) is 6.56. The van der Waals surface area contributed by atoms with Crippen LogP contribution in [0.2, 0.25) is 0 Å². The Morgan fingerprint density at radius 3 is 2.75 bits per heavy atom. The molecule has 0 N–H and O–H groups in total. The van der Waals surface area contributed by atoms with E-state index in [4.69, 9.17) is 14.6 Å². The van der Waals surface area contributed by atoms with Crippen molar-refractivity contribution in [1.29, 1.82) is 0 Å². The molecule has 0 fully saturated rings. The monoisotopic (exact) mass is 382 g/mol. The van der Waals surface area contributed by atoms with E-state index in [0.717, 1.165) is 58.8 Å². The largest absolute Gasteiger partial charge is 0.478 e. The molecule has 0 aliphatic heterocycles. The van der Waals surface area contributed by atoms with Crippen molar-refractivity contribution in [1.82, 2.24) is 24.7 Å². The first-order valence-corrected chi connectivity index (χ1v) is 9.49. The minimum absolute atomic E-state index is 0.413. The van der Waals surface area contributed by atoms with Crippen molar-refractivity contribution in [3.8, 4) is 11.5 Å². The van der Waals surface area contributed by atoms with Gasteiger partial charge in [0.2, 0.25) is 0 Å². The van der Waals surface area contributed by atoms with Crippen LogP contribution in [0.25, 0.3) is 22.7 Å². The maximum Gasteiger partial charge on any atom is 0.258 e. The van der Waals surface area contributed by atoms with Crippen molar-refractivity contribution in [3.05, 3.63) is 35.2 Å². The van der Waals surface area contributed by atoms with Crippen molar-refractivity contribution in [3.63, 3.8) is 0 Å². The number of hydrogen-bond donors (Lipinski definition) is 0. The molecule has 0 amide bonds. The molecule has 0 atom stereocenters. The molecule has 3 heterocycles. The fourth-order valence-corrected chi connectivity index (χ4v) is 2.91. The lowest BCUT2D eigenvalue weighted by Crippen LogP contribution is -2.08. The Kier molecular flexibility index (Phi) is 6.18. The zero-order chi connectivity index (χ0) is 20.1. The van der Waals surface area contributed by atoms with Gasteiger partial charge in [0.25, 0.3) is 5.90 Å². The number of aryl methyl sites for hydroxylation is 3. The molecule has 3 aromatic heterocycles. The summed E-state index contributed by atoms with van der Waals surface area (Å²) in [6.45, 7) is 6.65. The number of imidazole rings is 1. The molecule has 0 saturated heterocycles. The molecular formula is C20H26N6O2. The van der Waals surface area contributed by atoms with Gasteiger partial charge < -0.3 is 14.1 Å². The van der Waals surface area contributed by atoms with Crippen molar-refractivity contribution >= 4 is 17.1 Å². The lowest BCUT2D eigenvalue weighted by Gasteiger charge is -2.10. The third-order valence-corrected chi connectivity index (χ3v) is 4.48. The number of fused-ring (bicyclic) bond motifs is 1. The topological polar surface area (TPSA) is 87.3 Å². The van der Waals surface area contributed by atoms with Gasteiger partial charge in [-0.15, -0.1) is 5.10 Å². The maximum atomic E-state index is 5.39. The molecule has 0 aliphatic rings. The van der Waals surface area contributed by atoms with Crippen LogP contribution in [0.3, 0.4) is 0 Å². The zero-order valence-corrected chi connectivity index (χ0v) is 17.1. The second-order valence-corrected chi connectivity index (χ2v) is 6.56. The lowest BCUT2D eigenvalue weighted by atomic mass is 10.1. The number of rotatable bonds is 7. The molecule has 8 nitrogen and oxygen atoms in total. The van der Waals surface area contributed by atoms with Gasteiger partial charge in [-0.3, -0.25) is 4.98 Å². The van der Waals surface area contributed by atoms with E-state index in [-0.39, 0.29) is 0 Å². The summed E-state index contributed by atoms with van der Waals surface area (Å²) in [5.74, 6) is 1.17. The summed E-state index contributed by atoms with van der Waals surface area (Å²) >= 11 is 0. The number of nitrogens with zero attached hydrogens (tertiary/aromatic N) is 6. The van der Waals surface area contributed by atoms with Crippen molar-refractivity contribution in [2.45, 2.75) is 40.0 Å². The minimum atomic E-state index is 0.413. The third-order valence-electron chi connectivity index (χ3n) is 4.48. The highest BCUT2D eigenvalue weighted by molar-refractivity contribution is 5.94. The van der Waals surface area contributed by atoms with E-state index in [1.54, 1.807) is 13.3 Å². The fourth-order valence-electron chi connectivity index (χ4n) is 2.91. The van der Waals surface area contributed by atoms with Crippen LogP contribution in [-0.4, -0.2) is 44.3 Å². The number of oxime groups is 1. The Morgan fingerprint density at radius 2 is 2.04 bits per heavy atom. The van der Waals surface area contributed by atoms with Gasteiger partial charge >= 0.3 is 0 Å². The SMILES string of the molecule is CCCCO/N=C(\OC)c1cnc(-c2nc3cc(C)nnc3n2C)c(CC)c1. The summed E-state index contributed by atoms with van der Waals surface area (Å²) in [5, 5.41) is 12.5. The van der Waals surface area contributed by atoms with Gasteiger partial charge in [-0.1, -0.05) is 20.3 Å². The molecule has 28 heavy (non-hydrogen) atoms. The highest BCUT2D eigenvalue weighted by Gasteiger charge is 2.17. The van der Waals surface area contributed by atoms with E-state index in [1.165, 1.54) is 0 Å². The summed E-state index contributed by atoms with van der Waals surface area (Å²) in [6, 6.07) is 3.94. The molecule has 0 bridgehead atoms. The van der Waals surface area contributed by atoms with Crippen LogP contribution in [0.1, 0.15) is 43.5 Å². The van der Waals surface area contributed by atoms with Gasteiger partial charge in [-0.05, 0) is 42.6 Å². The van der Waals surface area contributed by atoms with E-state index in [0.29, 0.717) is 12.5 Å². The predicted molar refractivity (Wildman–Crippen MR) is 108 cm³/mol. The van der Waals surface area contributed by atoms with E-state index >= 15 is 0 Å². The third kappa shape index (κ3) is 3.95. The molecule has 0 aliphatic carbocycles. The standard InChI is InChI=1S/C20H26N6O2/c1-6-8-9-28-25-20(27-5)15-11-14(7-2)17(21-12-15)19-22-16-10-13(3)23-24-18(16)26(19)4/h10-12H,6-9H2,1-5H3/b25-20-. The Morgan fingerprint density at radius 1 is 1.21 bits per heavy atom. The lowest BCUT2D eigenvalue weighted by molar-refractivity contribution is 0.133. The summed E-state index contributed by atoms with van der Waals surface area (Å²) in [5.41, 5.74) is 5.00. The van der Waals surface area contributed by atoms with Gasteiger partial charge in [0, 0.05) is 13.2 Å². The van der Waals surface area contributed by atoms with Gasteiger partial charge in [0.1, 0.15) is 17.8 Å². The molecule has 148 valence electrons. The van der Waals surface area contributed by atoms with E-state index in [2.05, 4.69) is 34.2 Å². The Balaban J connectivity index is 1.99. The smallest absolute Gasteiger partial charge is 0.258 e. The van der Waals surface area contributed by atoms with Crippen LogP contribution in [0.15, 0.2) is 23.5 Å². The van der Waals surface area contributed by atoms with Crippen molar-refractivity contribution < 1.29 is 9.57 Å². The Bertz CT molecular complexity index is 996. The number of ether oxygens (including phenoxy) is 1. The number of hydrogen-bond acceptors (Lipinski definition) is 7. The molecular weight excluding hydrogens is 356 g/mol. The van der Waals surface area contributed by atoms with E-state index in [1.807, 2.05) is 30.7 Å². The molecule has 3 aromatic rings. The average Bonchev–Trinajstić information content (AvgIpc) is 3.03. The van der Waals surface area contributed by atoms with Gasteiger partial charge in [0.05, 0.1) is 18.4 Å². The molecule has 0 spiro atoms. The second kappa shape index (κ2) is 8.77. The maximum absolute atomic E-state index is 5.39. The molecule has 0 aromatic carbocycles. The van der Waals surface area contributed by atoms with Crippen LogP contribution in [-0.2, 0) is 23.0 Å². The highest BCUT2D eigenvalue weighted by Crippen LogP contribution is 2.25. The summed E-state index contributed by atoms with van der Waals surface area (Å²) in [6.07, 6.45) is 4.52. The molecule has 0 saturated carbocycles. The number of methoxy groups -OCH3 is 1. The van der Waals surface area contributed by atoms with Crippen LogP contribution in [0, 0.1) is 6.92 Å². The number of aromatic nitrogens is 5. The first-order chi connectivity index (χ1) is 13.6. The summed E-state index contributed by atoms with van der Waals surface area (Å²) < 4.78 is 7.31. The first kappa shape index (κ1) is 19.7. The number of pyridine rings is 1. The quantitative estimate of drug-likeness (QED) is 0.269. The average molecular weight is 382 g/mol. The predicted octanol–water partition coefficient (Wildman–Crippen LogP) is 3.42. The van der Waals surface area contributed by atoms with Crippen molar-refractivity contribution in [2.75, 3.05) is 13.7 Å². The van der Waals surface area contributed by atoms with Crippen LogP contribution < -0.4 is 0 Å². The minimum Gasteiger partial charge on any atom is -0.478 e. The van der Waals surface area contributed by atoms with Gasteiger partial charge in [0.15, 0.2) is 11.5 Å². The Hall–Kier alpha value is -3.03. The molecule has 3 rings (SSSR count). The normalized spacial score (nSPS) is 11.8.